The summed E-state index contributed by atoms with van der Waals surface area (Å²) in [6, 6.07) is 3.95. The molecule has 2 N–H and O–H groups in total. The summed E-state index contributed by atoms with van der Waals surface area (Å²) in [6.07, 6.45) is 4.00. The second-order valence-corrected chi connectivity index (χ2v) is 5.16. The third kappa shape index (κ3) is 3.59. The summed E-state index contributed by atoms with van der Waals surface area (Å²) in [7, 11) is 0. The lowest BCUT2D eigenvalue weighted by atomic mass is 10.2. The van der Waals surface area contributed by atoms with E-state index in [1.807, 2.05) is 18.3 Å². The number of nitrogens with two attached hydrogens (primary N) is 1. The van der Waals surface area contributed by atoms with Gasteiger partial charge in [0.05, 0.1) is 0 Å². The predicted molar refractivity (Wildman–Crippen MR) is 65.5 cm³/mol. The van der Waals surface area contributed by atoms with Crippen LogP contribution in [0.1, 0.15) is 19.8 Å². The van der Waals surface area contributed by atoms with Crippen LogP contribution in [0.3, 0.4) is 0 Å². The molecule has 0 aliphatic heterocycles. The van der Waals surface area contributed by atoms with Crippen LogP contribution in [0.2, 0.25) is 0 Å². The van der Waals surface area contributed by atoms with Gasteiger partial charge in [0.2, 0.25) is 0 Å². The summed E-state index contributed by atoms with van der Waals surface area (Å²) < 4.78 is 1.07. The van der Waals surface area contributed by atoms with Crippen molar-refractivity contribution in [2.45, 2.75) is 30.0 Å². The topological polar surface area (TPSA) is 38.9 Å². The van der Waals surface area contributed by atoms with Crippen molar-refractivity contribution in [2.24, 2.45) is 5.73 Å². The Labute approximate surface area is 97.8 Å². The zero-order chi connectivity index (χ0) is 10.4. The molecule has 0 aliphatic rings. The van der Waals surface area contributed by atoms with Gasteiger partial charge in [0, 0.05) is 15.9 Å². The van der Waals surface area contributed by atoms with Crippen molar-refractivity contribution in [1.29, 1.82) is 0 Å². The predicted octanol–water partition coefficient (Wildman–Crippen LogP) is 3.06. The van der Waals surface area contributed by atoms with E-state index in [0.29, 0.717) is 5.25 Å². The number of thioether (sulfide) groups is 1. The number of pyridine rings is 1. The minimum Gasteiger partial charge on any atom is -0.330 e. The van der Waals surface area contributed by atoms with Gasteiger partial charge in [-0.05, 0) is 47.4 Å². The van der Waals surface area contributed by atoms with Gasteiger partial charge >= 0.3 is 0 Å². The van der Waals surface area contributed by atoms with Gasteiger partial charge in [-0.1, -0.05) is 6.92 Å². The molecule has 0 amide bonds. The highest BCUT2D eigenvalue weighted by molar-refractivity contribution is 9.10. The van der Waals surface area contributed by atoms with Crippen LogP contribution < -0.4 is 5.73 Å². The van der Waals surface area contributed by atoms with Crippen LogP contribution >= 0.6 is 27.7 Å². The van der Waals surface area contributed by atoms with Crippen molar-refractivity contribution in [3.8, 4) is 0 Å². The standard InChI is InChI=1S/C10H15BrN2S/c1-2-8(5-6-12)14-10-9(11)4-3-7-13-10/h3-4,7-8H,2,5-6,12H2,1H3. The first-order chi connectivity index (χ1) is 6.77. The van der Waals surface area contributed by atoms with E-state index < -0.39 is 0 Å². The maximum absolute atomic E-state index is 5.55. The average molecular weight is 275 g/mol. The average Bonchev–Trinajstić information content (AvgIpc) is 2.20. The summed E-state index contributed by atoms with van der Waals surface area (Å²) in [5.41, 5.74) is 5.55. The molecule has 0 bridgehead atoms. The first-order valence-electron chi connectivity index (χ1n) is 4.75. The molecule has 78 valence electrons. The molecule has 1 rings (SSSR count). The number of hydrogen-bond donors (Lipinski definition) is 1. The normalized spacial score (nSPS) is 12.8. The molecule has 0 saturated heterocycles. The van der Waals surface area contributed by atoms with Gasteiger partial charge in [-0.2, -0.15) is 0 Å². The monoisotopic (exact) mass is 274 g/mol. The summed E-state index contributed by atoms with van der Waals surface area (Å²) in [6.45, 7) is 2.93. The second-order valence-electron chi connectivity index (χ2n) is 3.02. The zero-order valence-corrected chi connectivity index (χ0v) is 10.6. The van der Waals surface area contributed by atoms with Gasteiger partial charge in [0.15, 0.2) is 0 Å². The van der Waals surface area contributed by atoms with Crippen molar-refractivity contribution >= 4 is 27.7 Å². The third-order valence-corrected chi connectivity index (χ3v) is 4.30. The maximum atomic E-state index is 5.55. The van der Waals surface area contributed by atoms with Crippen LogP contribution in [0.5, 0.6) is 0 Å². The number of halogens is 1. The van der Waals surface area contributed by atoms with E-state index in [0.717, 1.165) is 28.9 Å². The van der Waals surface area contributed by atoms with E-state index >= 15 is 0 Å². The minimum atomic E-state index is 0.575. The largest absolute Gasteiger partial charge is 0.330 e. The molecule has 14 heavy (non-hydrogen) atoms. The molecule has 1 aromatic rings. The lowest BCUT2D eigenvalue weighted by Crippen LogP contribution is -2.09. The molecule has 0 saturated carbocycles. The van der Waals surface area contributed by atoms with Gasteiger partial charge in [-0.3, -0.25) is 0 Å². The molecular formula is C10H15BrN2S. The SMILES string of the molecule is CCC(CCN)Sc1ncccc1Br. The van der Waals surface area contributed by atoms with Gasteiger partial charge in [0.25, 0.3) is 0 Å². The number of nitrogens with zero attached hydrogens (tertiary/aromatic N) is 1. The Hall–Kier alpha value is -0.0600. The number of hydrogen-bond acceptors (Lipinski definition) is 3. The van der Waals surface area contributed by atoms with Crippen molar-refractivity contribution in [3.63, 3.8) is 0 Å². The summed E-state index contributed by atoms with van der Waals surface area (Å²) in [4.78, 5) is 4.32. The molecule has 0 radical (unpaired) electrons. The fourth-order valence-corrected chi connectivity index (χ4v) is 2.72. The Bertz CT molecular complexity index is 281. The molecule has 0 aliphatic carbocycles. The highest BCUT2D eigenvalue weighted by Crippen LogP contribution is 2.30. The Morgan fingerprint density at radius 2 is 2.43 bits per heavy atom. The van der Waals surface area contributed by atoms with Crippen LogP contribution in [-0.4, -0.2) is 16.8 Å². The Morgan fingerprint density at radius 1 is 1.64 bits per heavy atom. The summed E-state index contributed by atoms with van der Waals surface area (Å²) >= 11 is 5.29. The molecule has 4 heteroatoms. The van der Waals surface area contributed by atoms with Crippen molar-refractivity contribution in [3.05, 3.63) is 22.8 Å². The highest BCUT2D eigenvalue weighted by Gasteiger charge is 2.10. The van der Waals surface area contributed by atoms with Gasteiger partial charge in [-0.15, -0.1) is 11.8 Å². The fourth-order valence-electron chi connectivity index (χ4n) is 1.15. The minimum absolute atomic E-state index is 0.575. The van der Waals surface area contributed by atoms with Crippen molar-refractivity contribution < 1.29 is 0 Å². The summed E-state index contributed by atoms with van der Waals surface area (Å²) in [5.74, 6) is 0. The number of rotatable bonds is 5. The molecule has 1 aromatic heterocycles. The van der Waals surface area contributed by atoms with E-state index in [-0.39, 0.29) is 0 Å². The van der Waals surface area contributed by atoms with Gasteiger partial charge < -0.3 is 5.73 Å². The van der Waals surface area contributed by atoms with Crippen LogP contribution in [0.25, 0.3) is 0 Å². The van der Waals surface area contributed by atoms with E-state index in [2.05, 4.69) is 27.8 Å². The van der Waals surface area contributed by atoms with Crippen LogP contribution in [0.15, 0.2) is 27.8 Å². The van der Waals surface area contributed by atoms with Gasteiger partial charge in [-0.25, -0.2) is 4.98 Å². The van der Waals surface area contributed by atoms with E-state index in [4.69, 9.17) is 5.73 Å². The molecule has 1 atom stereocenters. The summed E-state index contributed by atoms with van der Waals surface area (Å²) in [5, 5.41) is 1.64. The van der Waals surface area contributed by atoms with Crippen LogP contribution in [0, 0.1) is 0 Å². The molecule has 0 spiro atoms. The van der Waals surface area contributed by atoms with Gasteiger partial charge in [0.1, 0.15) is 5.03 Å². The molecule has 2 nitrogen and oxygen atoms in total. The van der Waals surface area contributed by atoms with E-state index in [1.54, 1.807) is 11.8 Å². The first kappa shape index (κ1) is 12.0. The molecule has 1 unspecified atom stereocenters. The molecular weight excluding hydrogens is 260 g/mol. The first-order valence-corrected chi connectivity index (χ1v) is 6.42. The fraction of sp³-hybridized carbons (Fsp3) is 0.500. The lowest BCUT2D eigenvalue weighted by Gasteiger charge is -2.12. The molecule has 1 heterocycles. The van der Waals surface area contributed by atoms with Crippen molar-refractivity contribution in [1.82, 2.24) is 4.98 Å². The Kier molecular flexibility index (Phi) is 5.52. The second kappa shape index (κ2) is 6.43. The molecule has 0 fully saturated rings. The smallest absolute Gasteiger partial charge is 0.110 e. The van der Waals surface area contributed by atoms with Crippen LogP contribution in [0.4, 0.5) is 0 Å². The Morgan fingerprint density at radius 3 is 3.00 bits per heavy atom. The zero-order valence-electron chi connectivity index (χ0n) is 8.24. The lowest BCUT2D eigenvalue weighted by molar-refractivity contribution is 0.743. The van der Waals surface area contributed by atoms with Crippen LogP contribution in [-0.2, 0) is 0 Å². The molecule has 0 aromatic carbocycles. The highest BCUT2D eigenvalue weighted by atomic mass is 79.9. The van der Waals surface area contributed by atoms with Crippen molar-refractivity contribution in [2.75, 3.05) is 6.54 Å². The van der Waals surface area contributed by atoms with E-state index in [1.165, 1.54) is 0 Å². The number of aromatic nitrogens is 1. The Balaban J connectivity index is 2.62. The maximum Gasteiger partial charge on any atom is 0.110 e. The van der Waals surface area contributed by atoms with E-state index in [9.17, 15) is 0 Å². The quantitative estimate of drug-likeness (QED) is 0.839. The third-order valence-electron chi connectivity index (χ3n) is 1.95.